The maximum atomic E-state index is 11.4. The maximum Gasteiger partial charge on any atom is 0.375 e. The SMILES string of the molecule is COC(=O)/C(O)=C(/N=C1CCCCO1)C(=O)OC. The van der Waals surface area contributed by atoms with Gasteiger partial charge in [0.2, 0.25) is 11.5 Å². The van der Waals surface area contributed by atoms with E-state index >= 15 is 0 Å². The van der Waals surface area contributed by atoms with Gasteiger partial charge in [0.05, 0.1) is 20.8 Å². The summed E-state index contributed by atoms with van der Waals surface area (Å²) in [6.07, 6.45) is 2.31. The summed E-state index contributed by atoms with van der Waals surface area (Å²) in [7, 11) is 2.20. The Morgan fingerprint density at radius 3 is 2.39 bits per heavy atom. The van der Waals surface area contributed by atoms with Crippen molar-refractivity contribution in [2.75, 3.05) is 20.8 Å². The Kier molecular flexibility index (Phi) is 5.16. The molecule has 1 aliphatic rings. The van der Waals surface area contributed by atoms with Gasteiger partial charge < -0.3 is 19.3 Å². The lowest BCUT2D eigenvalue weighted by Gasteiger charge is -2.14. The molecule has 0 unspecified atom stereocenters. The molecule has 1 heterocycles. The smallest absolute Gasteiger partial charge is 0.375 e. The lowest BCUT2D eigenvalue weighted by atomic mass is 10.2. The first-order chi connectivity index (χ1) is 8.60. The van der Waals surface area contributed by atoms with Gasteiger partial charge >= 0.3 is 11.9 Å². The summed E-state index contributed by atoms with van der Waals surface area (Å²) in [5.41, 5.74) is -0.513. The van der Waals surface area contributed by atoms with E-state index in [0.29, 0.717) is 13.0 Å². The molecule has 0 aliphatic carbocycles. The van der Waals surface area contributed by atoms with Crippen molar-refractivity contribution in [3.8, 4) is 0 Å². The number of methoxy groups -OCH3 is 2. The first kappa shape index (κ1) is 14.0. The monoisotopic (exact) mass is 257 g/mol. The average Bonchev–Trinajstić information content (AvgIpc) is 2.43. The number of carbonyl (C=O) groups is 2. The van der Waals surface area contributed by atoms with E-state index in [0.717, 1.165) is 27.1 Å². The summed E-state index contributed by atoms with van der Waals surface area (Å²) < 4.78 is 14.0. The largest absolute Gasteiger partial charge is 0.500 e. The molecule has 18 heavy (non-hydrogen) atoms. The minimum Gasteiger partial charge on any atom is -0.500 e. The van der Waals surface area contributed by atoms with Crippen LogP contribution in [0.15, 0.2) is 16.4 Å². The topological polar surface area (TPSA) is 94.4 Å². The molecule has 100 valence electrons. The molecule has 0 aromatic carbocycles. The third-order valence-electron chi connectivity index (χ3n) is 2.27. The number of aliphatic imine (C=N–C) groups is 1. The van der Waals surface area contributed by atoms with Gasteiger partial charge in [-0.1, -0.05) is 0 Å². The fraction of sp³-hybridized carbons (Fsp3) is 0.545. The Morgan fingerprint density at radius 1 is 1.22 bits per heavy atom. The van der Waals surface area contributed by atoms with Gasteiger partial charge in [0.25, 0.3) is 0 Å². The Labute approximate surface area is 104 Å². The Hall–Kier alpha value is -2.05. The van der Waals surface area contributed by atoms with Crippen LogP contribution in [-0.4, -0.2) is 43.8 Å². The van der Waals surface area contributed by atoms with Crippen molar-refractivity contribution in [1.29, 1.82) is 0 Å². The number of hydrogen-bond donors (Lipinski definition) is 1. The summed E-state index contributed by atoms with van der Waals surface area (Å²) in [6, 6.07) is 0. The van der Waals surface area contributed by atoms with Crippen LogP contribution >= 0.6 is 0 Å². The van der Waals surface area contributed by atoms with E-state index in [1.54, 1.807) is 0 Å². The standard InChI is InChI=1S/C11H15NO6/c1-16-10(14)8(9(13)11(15)17-2)12-7-5-3-4-6-18-7/h13H,3-6H2,1-2H3/b9-8-,12-7?. The van der Waals surface area contributed by atoms with Crippen LogP contribution < -0.4 is 0 Å². The van der Waals surface area contributed by atoms with Gasteiger partial charge in [0, 0.05) is 6.42 Å². The fourth-order valence-electron chi connectivity index (χ4n) is 1.34. The van der Waals surface area contributed by atoms with Gasteiger partial charge in [-0.2, -0.15) is 0 Å². The lowest BCUT2D eigenvalue weighted by Crippen LogP contribution is -2.18. The van der Waals surface area contributed by atoms with Crippen LogP contribution in [0.5, 0.6) is 0 Å². The molecule has 1 fully saturated rings. The van der Waals surface area contributed by atoms with Crippen LogP contribution in [-0.2, 0) is 23.8 Å². The minimum atomic E-state index is -1.06. The Balaban J connectivity index is 3.05. The third-order valence-corrected chi connectivity index (χ3v) is 2.27. The van der Waals surface area contributed by atoms with Crippen LogP contribution in [0.2, 0.25) is 0 Å². The van der Waals surface area contributed by atoms with Gasteiger partial charge in [0.1, 0.15) is 0 Å². The summed E-state index contributed by atoms with van der Waals surface area (Å²) in [5, 5.41) is 9.55. The second-order valence-corrected chi connectivity index (χ2v) is 3.49. The molecule has 0 saturated carbocycles. The first-order valence-corrected chi connectivity index (χ1v) is 5.40. The quantitative estimate of drug-likeness (QED) is 0.454. The molecule has 0 aromatic heterocycles. The molecule has 0 amide bonds. The highest BCUT2D eigenvalue weighted by atomic mass is 16.5. The van der Waals surface area contributed by atoms with Gasteiger partial charge in [-0.15, -0.1) is 0 Å². The normalized spacial score (nSPS) is 18.7. The number of ether oxygens (including phenoxy) is 3. The number of esters is 2. The number of aliphatic hydroxyl groups is 1. The molecule has 1 N–H and O–H groups in total. The summed E-state index contributed by atoms with van der Waals surface area (Å²) in [5.74, 6) is -2.60. The number of carbonyl (C=O) groups excluding carboxylic acids is 2. The summed E-state index contributed by atoms with van der Waals surface area (Å²) in [4.78, 5) is 26.4. The van der Waals surface area contributed by atoms with Crippen molar-refractivity contribution in [2.45, 2.75) is 19.3 Å². The molecule has 0 spiro atoms. The van der Waals surface area contributed by atoms with Crippen LogP contribution in [0, 0.1) is 0 Å². The summed E-state index contributed by atoms with van der Waals surface area (Å²) in [6.45, 7) is 0.492. The fourth-order valence-corrected chi connectivity index (χ4v) is 1.34. The summed E-state index contributed by atoms with van der Waals surface area (Å²) >= 11 is 0. The van der Waals surface area contributed by atoms with E-state index in [2.05, 4.69) is 14.5 Å². The van der Waals surface area contributed by atoms with Gasteiger partial charge in [-0.25, -0.2) is 14.6 Å². The number of rotatable bonds is 3. The van der Waals surface area contributed by atoms with Crippen LogP contribution in [0.25, 0.3) is 0 Å². The van der Waals surface area contributed by atoms with E-state index in [1.165, 1.54) is 0 Å². The molecule has 1 aliphatic heterocycles. The molecule has 0 aromatic rings. The maximum absolute atomic E-state index is 11.4. The second-order valence-electron chi connectivity index (χ2n) is 3.49. The zero-order chi connectivity index (χ0) is 13.5. The minimum absolute atomic E-state index is 0.289. The van der Waals surface area contributed by atoms with Crippen molar-refractivity contribution in [2.24, 2.45) is 4.99 Å². The van der Waals surface area contributed by atoms with Crippen molar-refractivity contribution in [3.05, 3.63) is 11.5 Å². The van der Waals surface area contributed by atoms with E-state index in [4.69, 9.17) is 4.74 Å². The molecule has 0 bridgehead atoms. The van der Waals surface area contributed by atoms with Gasteiger partial charge in [-0.3, -0.25) is 0 Å². The molecular formula is C11H15NO6. The molecule has 7 nitrogen and oxygen atoms in total. The molecule has 0 radical (unpaired) electrons. The zero-order valence-corrected chi connectivity index (χ0v) is 10.3. The Bertz CT molecular complexity index is 390. The number of hydrogen-bond acceptors (Lipinski definition) is 7. The highest BCUT2D eigenvalue weighted by Crippen LogP contribution is 2.13. The number of aliphatic hydroxyl groups excluding tert-OH is 1. The second kappa shape index (κ2) is 6.63. The van der Waals surface area contributed by atoms with Crippen LogP contribution in [0.3, 0.4) is 0 Å². The predicted molar refractivity (Wildman–Crippen MR) is 60.9 cm³/mol. The lowest BCUT2D eigenvalue weighted by molar-refractivity contribution is -0.141. The van der Waals surface area contributed by atoms with E-state index in [-0.39, 0.29) is 5.90 Å². The third kappa shape index (κ3) is 3.47. The van der Waals surface area contributed by atoms with Crippen molar-refractivity contribution < 1.29 is 28.9 Å². The predicted octanol–water partition coefficient (Wildman–Crippen LogP) is 0.701. The highest BCUT2D eigenvalue weighted by Gasteiger charge is 2.23. The zero-order valence-electron chi connectivity index (χ0n) is 10.3. The first-order valence-electron chi connectivity index (χ1n) is 5.40. The van der Waals surface area contributed by atoms with E-state index < -0.39 is 23.4 Å². The molecule has 7 heteroatoms. The van der Waals surface area contributed by atoms with Gasteiger partial charge in [-0.05, 0) is 12.8 Å². The van der Waals surface area contributed by atoms with Crippen LogP contribution in [0.4, 0.5) is 0 Å². The van der Waals surface area contributed by atoms with Gasteiger partial charge in [0.15, 0.2) is 5.90 Å². The van der Waals surface area contributed by atoms with Crippen molar-refractivity contribution in [1.82, 2.24) is 0 Å². The van der Waals surface area contributed by atoms with Crippen molar-refractivity contribution >= 4 is 17.8 Å². The van der Waals surface area contributed by atoms with E-state index in [9.17, 15) is 14.7 Å². The molecule has 0 atom stereocenters. The molecular weight excluding hydrogens is 242 g/mol. The van der Waals surface area contributed by atoms with E-state index in [1.807, 2.05) is 0 Å². The molecule has 1 rings (SSSR count). The number of nitrogens with zero attached hydrogens (tertiary/aromatic N) is 1. The molecule has 1 saturated heterocycles. The highest BCUT2D eigenvalue weighted by molar-refractivity contribution is 6.00. The van der Waals surface area contributed by atoms with Crippen LogP contribution in [0.1, 0.15) is 19.3 Å². The Morgan fingerprint density at radius 2 is 1.89 bits per heavy atom. The van der Waals surface area contributed by atoms with Crippen molar-refractivity contribution in [3.63, 3.8) is 0 Å². The average molecular weight is 257 g/mol.